The maximum atomic E-state index is 7.53. The molecule has 0 unspecified atom stereocenters. The molecule has 0 saturated carbocycles. The Hall–Kier alpha value is -1.69. The van der Waals surface area contributed by atoms with Crippen molar-refractivity contribution in [3.63, 3.8) is 0 Å². The van der Waals surface area contributed by atoms with Gasteiger partial charge in [0.1, 0.15) is 12.4 Å². The van der Waals surface area contributed by atoms with Crippen molar-refractivity contribution < 1.29 is 9.47 Å². The third kappa shape index (κ3) is 3.39. The lowest BCUT2D eigenvalue weighted by atomic mass is 10.1. The smallest absolute Gasteiger partial charge is 0.244 e. The van der Waals surface area contributed by atoms with E-state index in [-0.39, 0.29) is 5.84 Å². The SMILES string of the molecule is CCOCCOc1nnc(C)c(C)c1C(=N)N. The van der Waals surface area contributed by atoms with Crippen molar-refractivity contribution in [2.24, 2.45) is 5.73 Å². The van der Waals surface area contributed by atoms with Gasteiger partial charge in [-0.1, -0.05) is 0 Å². The molecule has 0 saturated heterocycles. The van der Waals surface area contributed by atoms with Crippen LogP contribution >= 0.6 is 0 Å². The summed E-state index contributed by atoms with van der Waals surface area (Å²) in [7, 11) is 0. The number of ether oxygens (including phenoxy) is 2. The number of rotatable bonds is 6. The van der Waals surface area contributed by atoms with Crippen molar-refractivity contribution in [3.8, 4) is 5.88 Å². The molecule has 0 radical (unpaired) electrons. The van der Waals surface area contributed by atoms with Crippen LogP contribution < -0.4 is 10.5 Å². The molecule has 0 fully saturated rings. The third-order valence-corrected chi connectivity index (χ3v) is 2.36. The van der Waals surface area contributed by atoms with E-state index in [1.54, 1.807) is 0 Å². The van der Waals surface area contributed by atoms with Gasteiger partial charge in [-0.05, 0) is 26.3 Å². The number of nitrogens with two attached hydrogens (primary N) is 1. The zero-order chi connectivity index (χ0) is 12.8. The van der Waals surface area contributed by atoms with Crippen LogP contribution in [-0.2, 0) is 4.74 Å². The summed E-state index contributed by atoms with van der Waals surface area (Å²) in [4.78, 5) is 0. The summed E-state index contributed by atoms with van der Waals surface area (Å²) in [5.41, 5.74) is 7.59. The van der Waals surface area contributed by atoms with E-state index in [9.17, 15) is 0 Å². The highest BCUT2D eigenvalue weighted by Gasteiger charge is 2.14. The zero-order valence-electron chi connectivity index (χ0n) is 10.4. The molecule has 1 rings (SSSR count). The number of nitrogens with one attached hydrogen (secondary N) is 1. The van der Waals surface area contributed by atoms with Crippen molar-refractivity contribution in [1.29, 1.82) is 5.41 Å². The Bertz CT molecular complexity index is 407. The second-order valence-corrected chi connectivity index (χ2v) is 3.55. The lowest BCUT2D eigenvalue weighted by Gasteiger charge is -2.12. The zero-order valence-corrected chi connectivity index (χ0v) is 10.4. The molecule has 0 aliphatic rings. The predicted molar refractivity (Wildman–Crippen MR) is 64.5 cm³/mol. The van der Waals surface area contributed by atoms with Crippen LogP contribution in [0.25, 0.3) is 0 Å². The minimum absolute atomic E-state index is 0.0630. The maximum Gasteiger partial charge on any atom is 0.244 e. The highest BCUT2D eigenvalue weighted by molar-refractivity contribution is 5.98. The molecule has 3 N–H and O–H groups in total. The van der Waals surface area contributed by atoms with Crippen molar-refractivity contribution in [2.45, 2.75) is 20.8 Å². The fourth-order valence-corrected chi connectivity index (χ4v) is 1.35. The first-order valence-corrected chi connectivity index (χ1v) is 5.46. The first-order chi connectivity index (χ1) is 8.07. The predicted octanol–water partition coefficient (Wildman–Crippen LogP) is 0.793. The minimum atomic E-state index is -0.0630. The van der Waals surface area contributed by atoms with E-state index in [0.717, 1.165) is 11.3 Å². The summed E-state index contributed by atoms with van der Waals surface area (Å²) in [5, 5.41) is 15.4. The molecule has 1 aromatic heterocycles. The largest absolute Gasteiger partial charge is 0.474 e. The molecule has 1 aromatic rings. The number of nitrogens with zero attached hydrogens (tertiary/aromatic N) is 2. The highest BCUT2D eigenvalue weighted by atomic mass is 16.5. The van der Waals surface area contributed by atoms with E-state index in [1.165, 1.54) is 0 Å². The van der Waals surface area contributed by atoms with Crippen LogP contribution in [-0.4, -0.2) is 35.9 Å². The quantitative estimate of drug-likeness (QED) is 0.434. The number of hydrogen-bond donors (Lipinski definition) is 2. The average molecular weight is 238 g/mol. The first-order valence-electron chi connectivity index (χ1n) is 5.46. The van der Waals surface area contributed by atoms with Crippen molar-refractivity contribution >= 4 is 5.84 Å². The monoisotopic (exact) mass is 238 g/mol. The fourth-order valence-electron chi connectivity index (χ4n) is 1.35. The molecule has 6 nitrogen and oxygen atoms in total. The molecule has 0 atom stereocenters. The van der Waals surface area contributed by atoms with Gasteiger partial charge < -0.3 is 15.2 Å². The second-order valence-electron chi connectivity index (χ2n) is 3.55. The lowest BCUT2D eigenvalue weighted by Crippen LogP contribution is -2.19. The molecular weight excluding hydrogens is 220 g/mol. The van der Waals surface area contributed by atoms with Crippen LogP contribution in [0, 0.1) is 19.3 Å². The number of aromatic nitrogens is 2. The van der Waals surface area contributed by atoms with Crippen LogP contribution in [0.2, 0.25) is 0 Å². The van der Waals surface area contributed by atoms with Crippen LogP contribution in [0.4, 0.5) is 0 Å². The van der Waals surface area contributed by atoms with Gasteiger partial charge in [0.15, 0.2) is 0 Å². The Kier molecular flexibility index (Phi) is 4.84. The standard InChI is InChI=1S/C11H18N4O2/c1-4-16-5-6-17-11-9(10(12)13)7(2)8(3)14-15-11/h4-6H2,1-3H3,(H3,12,13). The Labute approximate surface area is 101 Å². The van der Waals surface area contributed by atoms with Crippen LogP contribution in [0.1, 0.15) is 23.7 Å². The summed E-state index contributed by atoms with van der Waals surface area (Å²) < 4.78 is 10.6. The van der Waals surface area contributed by atoms with Crippen molar-refractivity contribution in [1.82, 2.24) is 10.2 Å². The highest BCUT2D eigenvalue weighted by Crippen LogP contribution is 2.19. The Morgan fingerprint density at radius 2 is 2.00 bits per heavy atom. The molecule has 17 heavy (non-hydrogen) atoms. The first kappa shape index (κ1) is 13.4. The Balaban J connectivity index is 2.84. The normalized spacial score (nSPS) is 10.3. The van der Waals surface area contributed by atoms with Crippen LogP contribution in [0.5, 0.6) is 5.88 Å². The van der Waals surface area contributed by atoms with Crippen molar-refractivity contribution in [3.05, 3.63) is 16.8 Å². The average Bonchev–Trinajstić information content (AvgIpc) is 2.28. The topological polar surface area (TPSA) is 94.1 Å². The summed E-state index contributed by atoms with van der Waals surface area (Å²) in [6, 6.07) is 0. The molecule has 0 bridgehead atoms. The van der Waals surface area contributed by atoms with Gasteiger partial charge >= 0.3 is 0 Å². The van der Waals surface area contributed by atoms with Gasteiger partial charge in [0.05, 0.1) is 17.9 Å². The van der Waals surface area contributed by atoms with Gasteiger partial charge in [-0.3, -0.25) is 5.41 Å². The van der Waals surface area contributed by atoms with E-state index in [0.29, 0.717) is 31.3 Å². The van der Waals surface area contributed by atoms with E-state index >= 15 is 0 Å². The lowest BCUT2D eigenvalue weighted by molar-refractivity contribution is 0.108. The molecule has 94 valence electrons. The molecule has 0 amide bonds. The fraction of sp³-hybridized carbons (Fsp3) is 0.545. The number of hydrogen-bond acceptors (Lipinski definition) is 5. The minimum Gasteiger partial charge on any atom is -0.474 e. The molecule has 0 aliphatic carbocycles. The van der Waals surface area contributed by atoms with E-state index in [4.69, 9.17) is 20.6 Å². The van der Waals surface area contributed by atoms with Gasteiger partial charge in [0, 0.05) is 6.61 Å². The molecule has 6 heteroatoms. The Morgan fingerprint density at radius 3 is 2.59 bits per heavy atom. The number of aryl methyl sites for hydroxylation is 1. The Morgan fingerprint density at radius 1 is 1.29 bits per heavy atom. The van der Waals surface area contributed by atoms with Gasteiger partial charge in [0.25, 0.3) is 0 Å². The van der Waals surface area contributed by atoms with Gasteiger partial charge in [0.2, 0.25) is 5.88 Å². The molecule has 0 aromatic carbocycles. The maximum absolute atomic E-state index is 7.53. The second kappa shape index (κ2) is 6.15. The molecule has 0 aliphatic heterocycles. The third-order valence-electron chi connectivity index (χ3n) is 2.36. The molecule has 1 heterocycles. The molecule has 0 spiro atoms. The van der Waals surface area contributed by atoms with E-state index in [2.05, 4.69) is 10.2 Å². The number of nitrogen functional groups attached to an aromatic ring is 1. The van der Waals surface area contributed by atoms with E-state index < -0.39 is 0 Å². The van der Waals surface area contributed by atoms with Gasteiger partial charge in [-0.2, -0.15) is 5.10 Å². The number of amidine groups is 1. The van der Waals surface area contributed by atoms with E-state index in [1.807, 2.05) is 20.8 Å². The van der Waals surface area contributed by atoms with Crippen molar-refractivity contribution in [2.75, 3.05) is 19.8 Å². The molecular formula is C11H18N4O2. The van der Waals surface area contributed by atoms with Gasteiger partial charge in [-0.25, -0.2) is 0 Å². The van der Waals surface area contributed by atoms with Crippen LogP contribution in [0.3, 0.4) is 0 Å². The summed E-state index contributed by atoms with van der Waals surface area (Å²) in [6.07, 6.45) is 0. The van der Waals surface area contributed by atoms with Gasteiger partial charge in [-0.15, -0.1) is 5.10 Å². The summed E-state index contributed by atoms with van der Waals surface area (Å²) in [6.45, 7) is 7.06. The summed E-state index contributed by atoms with van der Waals surface area (Å²) >= 11 is 0. The summed E-state index contributed by atoms with van der Waals surface area (Å²) in [5.74, 6) is 0.229. The van der Waals surface area contributed by atoms with Crippen LogP contribution in [0.15, 0.2) is 0 Å².